The lowest BCUT2D eigenvalue weighted by atomic mass is 10.3. The van der Waals surface area contributed by atoms with Gasteiger partial charge in [-0.05, 0) is 24.3 Å². The number of carbonyl (C=O) groups is 1. The Balaban J connectivity index is 2.14. The average molecular weight is 232 g/mol. The molecule has 4 nitrogen and oxygen atoms in total. The Hall–Kier alpha value is -2.15. The number of hydrogen-bond donors (Lipinski definition) is 2. The van der Waals surface area contributed by atoms with Crippen LogP contribution in [-0.2, 0) is 4.79 Å². The van der Waals surface area contributed by atoms with E-state index in [1.165, 1.54) is 0 Å². The summed E-state index contributed by atoms with van der Waals surface area (Å²) in [5.41, 5.74) is 6.23. The van der Waals surface area contributed by atoms with Gasteiger partial charge in [-0.2, -0.15) is 0 Å². The van der Waals surface area contributed by atoms with Crippen LogP contribution in [0.3, 0.4) is 0 Å². The van der Waals surface area contributed by atoms with Crippen molar-refractivity contribution < 1.29 is 9.53 Å². The Labute approximate surface area is 101 Å². The number of rotatable bonds is 6. The normalized spacial score (nSPS) is 9.35. The molecule has 4 heteroatoms. The van der Waals surface area contributed by atoms with Crippen LogP contribution in [0.25, 0.3) is 0 Å². The molecule has 1 amide bonds. The lowest BCUT2D eigenvalue weighted by Gasteiger charge is -2.07. The topological polar surface area (TPSA) is 64.3 Å². The second-order valence-electron chi connectivity index (χ2n) is 3.47. The summed E-state index contributed by atoms with van der Waals surface area (Å²) in [7, 11) is 0. The van der Waals surface area contributed by atoms with E-state index in [0.717, 1.165) is 5.75 Å². The zero-order chi connectivity index (χ0) is 12.5. The summed E-state index contributed by atoms with van der Waals surface area (Å²) in [6.07, 6.45) is 5.88. The molecular weight excluding hydrogens is 216 g/mol. The predicted octanol–water partition coefficient (Wildman–Crippen LogP) is 1.18. The van der Waals surface area contributed by atoms with E-state index >= 15 is 0 Å². The molecule has 1 rings (SSSR count). The van der Waals surface area contributed by atoms with Crippen molar-refractivity contribution in [2.75, 3.05) is 18.9 Å². The number of ether oxygens (including phenoxy) is 1. The third kappa shape index (κ3) is 5.47. The van der Waals surface area contributed by atoms with Gasteiger partial charge >= 0.3 is 0 Å². The summed E-state index contributed by atoms with van der Waals surface area (Å²) in [5, 5.41) is 2.71. The number of nitrogens with one attached hydrogen (secondary N) is 1. The summed E-state index contributed by atoms with van der Waals surface area (Å²) in [4.78, 5) is 11.2. The standard InChI is InChI=1S/C13H16N2O2/c1-2-3-4-13(16)15-9-10-17-12-7-5-11(14)6-8-12/h1,5-8H,3-4,9-10,14H2,(H,15,16). The molecule has 0 atom stereocenters. The summed E-state index contributed by atoms with van der Waals surface area (Å²) in [6, 6.07) is 7.10. The van der Waals surface area contributed by atoms with Gasteiger partial charge in [0.1, 0.15) is 12.4 Å². The Morgan fingerprint density at radius 1 is 1.41 bits per heavy atom. The predicted molar refractivity (Wildman–Crippen MR) is 67.4 cm³/mol. The van der Waals surface area contributed by atoms with Gasteiger partial charge in [-0.15, -0.1) is 12.3 Å². The second-order valence-corrected chi connectivity index (χ2v) is 3.47. The van der Waals surface area contributed by atoms with Crippen LogP contribution in [0.4, 0.5) is 5.69 Å². The minimum atomic E-state index is -0.0520. The van der Waals surface area contributed by atoms with Crippen LogP contribution >= 0.6 is 0 Å². The molecule has 17 heavy (non-hydrogen) atoms. The molecule has 90 valence electrons. The molecule has 0 saturated carbocycles. The number of nitrogens with two attached hydrogens (primary N) is 1. The first-order valence-corrected chi connectivity index (χ1v) is 5.41. The highest BCUT2D eigenvalue weighted by atomic mass is 16.5. The number of amides is 1. The molecule has 0 fully saturated rings. The molecule has 0 saturated heterocycles. The van der Waals surface area contributed by atoms with Gasteiger partial charge in [0.2, 0.25) is 5.91 Å². The Bertz CT molecular complexity index is 393. The maximum atomic E-state index is 11.2. The van der Waals surface area contributed by atoms with E-state index in [9.17, 15) is 4.79 Å². The molecule has 0 spiro atoms. The fourth-order valence-corrected chi connectivity index (χ4v) is 1.20. The molecule has 0 aliphatic rings. The lowest BCUT2D eigenvalue weighted by Crippen LogP contribution is -2.27. The number of carbonyl (C=O) groups excluding carboxylic acids is 1. The van der Waals surface area contributed by atoms with Crippen molar-refractivity contribution in [3.8, 4) is 18.1 Å². The van der Waals surface area contributed by atoms with Crippen LogP contribution in [-0.4, -0.2) is 19.1 Å². The first-order valence-electron chi connectivity index (χ1n) is 5.41. The van der Waals surface area contributed by atoms with Gasteiger partial charge < -0.3 is 15.8 Å². The van der Waals surface area contributed by atoms with Gasteiger partial charge in [0, 0.05) is 18.5 Å². The van der Waals surface area contributed by atoms with Gasteiger partial charge in [-0.25, -0.2) is 0 Å². The molecule has 3 N–H and O–H groups in total. The molecule has 0 radical (unpaired) electrons. The van der Waals surface area contributed by atoms with Gasteiger partial charge in [-0.1, -0.05) is 0 Å². The maximum Gasteiger partial charge on any atom is 0.221 e. The fraction of sp³-hybridized carbons (Fsp3) is 0.308. The molecule has 0 aliphatic carbocycles. The third-order valence-corrected chi connectivity index (χ3v) is 2.07. The smallest absolute Gasteiger partial charge is 0.221 e. The molecule has 0 aromatic heterocycles. The Morgan fingerprint density at radius 3 is 2.76 bits per heavy atom. The van der Waals surface area contributed by atoms with E-state index < -0.39 is 0 Å². The largest absolute Gasteiger partial charge is 0.492 e. The molecule has 0 heterocycles. The van der Waals surface area contributed by atoms with E-state index in [2.05, 4.69) is 11.2 Å². The van der Waals surface area contributed by atoms with E-state index in [0.29, 0.717) is 31.7 Å². The van der Waals surface area contributed by atoms with Gasteiger partial charge in [0.05, 0.1) is 6.54 Å². The summed E-state index contributed by atoms with van der Waals surface area (Å²) >= 11 is 0. The van der Waals surface area contributed by atoms with Crippen molar-refractivity contribution in [1.29, 1.82) is 0 Å². The Kier molecular flexibility index (Phi) is 5.45. The van der Waals surface area contributed by atoms with Crippen molar-refractivity contribution in [1.82, 2.24) is 5.32 Å². The third-order valence-electron chi connectivity index (χ3n) is 2.07. The van der Waals surface area contributed by atoms with Crippen molar-refractivity contribution in [2.45, 2.75) is 12.8 Å². The quantitative estimate of drug-likeness (QED) is 0.440. The van der Waals surface area contributed by atoms with Crippen LogP contribution < -0.4 is 15.8 Å². The van der Waals surface area contributed by atoms with Gasteiger partial charge in [-0.3, -0.25) is 4.79 Å². The highest BCUT2D eigenvalue weighted by Crippen LogP contribution is 2.12. The van der Waals surface area contributed by atoms with E-state index in [1.807, 2.05) is 0 Å². The van der Waals surface area contributed by atoms with Crippen LogP contribution in [0, 0.1) is 12.3 Å². The molecular formula is C13H16N2O2. The average Bonchev–Trinajstić information content (AvgIpc) is 2.34. The zero-order valence-corrected chi connectivity index (χ0v) is 9.61. The van der Waals surface area contributed by atoms with Crippen LogP contribution in [0.15, 0.2) is 24.3 Å². The number of anilines is 1. The lowest BCUT2D eigenvalue weighted by molar-refractivity contribution is -0.121. The summed E-state index contributed by atoms with van der Waals surface area (Å²) in [5.74, 6) is 3.10. The molecule has 0 aliphatic heterocycles. The van der Waals surface area contributed by atoms with E-state index in [1.54, 1.807) is 24.3 Å². The Morgan fingerprint density at radius 2 is 2.12 bits per heavy atom. The monoisotopic (exact) mass is 232 g/mol. The summed E-state index contributed by atoms with van der Waals surface area (Å²) in [6.45, 7) is 0.888. The summed E-state index contributed by atoms with van der Waals surface area (Å²) < 4.78 is 5.41. The highest BCUT2D eigenvalue weighted by molar-refractivity contribution is 5.76. The van der Waals surface area contributed by atoms with Gasteiger partial charge in [0.25, 0.3) is 0 Å². The first-order chi connectivity index (χ1) is 8.22. The van der Waals surface area contributed by atoms with Crippen molar-refractivity contribution in [2.24, 2.45) is 0 Å². The van der Waals surface area contributed by atoms with Gasteiger partial charge in [0.15, 0.2) is 0 Å². The molecule has 1 aromatic carbocycles. The maximum absolute atomic E-state index is 11.2. The minimum absolute atomic E-state index is 0.0520. The number of benzene rings is 1. The van der Waals surface area contributed by atoms with Crippen LogP contribution in [0.2, 0.25) is 0 Å². The number of nitrogen functional groups attached to an aromatic ring is 1. The van der Waals surface area contributed by atoms with E-state index in [-0.39, 0.29) is 5.91 Å². The number of hydrogen-bond acceptors (Lipinski definition) is 3. The molecule has 1 aromatic rings. The fourth-order valence-electron chi connectivity index (χ4n) is 1.20. The number of terminal acetylenes is 1. The molecule has 0 bridgehead atoms. The van der Waals surface area contributed by atoms with Crippen molar-refractivity contribution in [3.05, 3.63) is 24.3 Å². The minimum Gasteiger partial charge on any atom is -0.492 e. The van der Waals surface area contributed by atoms with Crippen molar-refractivity contribution in [3.63, 3.8) is 0 Å². The SMILES string of the molecule is C#CCCC(=O)NCCOc1ccc(N)cc1. The first kappa shape index (κ1) is 12.9. The van der Waals surface area contributed by atoms with Crippen LogP contribution in [0.5, 0.6) is 5.75 Å². The van der Waals surface area contributed by atoms with E-state index in [4.69, 9.17) is 16.9 Å². The second kappa shape index (κ2) is 7.18. The highest BCUT2D eigenvalue weighted by Gasteiger charge is 1.99. The molecule has 0 unspecified atom stereocenters. The van der Waals surface area contributed by atoms with Crippen molar-refractivity contribution >= 4 is 11.6 Å². The zero-order valence-electron chi connectivity index (χ0n) is 9.61. The van der Waals surface area contributed by atoms with Crippen LogP contribution in [0.1, 0.15) is 12.8 Å².